The van der Waals surface area contributed by atoms with Gasteiger partial charge in [0.25, 0.3) is 5.91 Å². The second-order valence-electron chi connectivity index (χ2n) is 9.18. The average molecular weight is 565 g/mol. The first-order chi connectivity index (χ1) is 18.9. The van der Waals surface area contributed by atoms with Crippen LogP contribution < -0.4 is 14.8 Å². The van der Waals surface area contributed by atoms with Crippen molar-refractivity contribution in [3.8, 4) is 11.5 Å². The van der Waals surface area contributed by atoms with E-state index in [0.29, 0.717) is 35.2 Å². The largest absolute Gasteiger partial charge is 0.497 e. The summed E-state index contributed by atoms with van der Waals surface area (Å²) in [6.07, 6.45) is 1.91. The van der Waals surface area contributed by atoms with Crippen LogP contribution in [0.3, 0.4) is 0 Å². The van der Waals surface area contributed by atoms with Gasteiger partial charge in [-0.1, -0.05) is 11.3 Å². The number of anilines is 1. The summed E-state index contributed by atoms with van der Waals surface area (Å²) in [5, 5.41) is 6.02. The molecule has 1 saturated heterocycles. The molecule has 39 heavy (non-hydrogen) atoms. The van der Waals surface area contributed by atoms with E-state index in [-0.39, 0.29) is 36.4 Å². The molecule has 2 aromatic carbocycles. The molecule has 11 heteroatoms. The molecule has 202 valence electrons. The Bertz CT molecular complexity index is 1490. The lowest BCUT2D eigenvalue weighted by atomic mass is 9.97. The van der Waals surface area contributed by atoms with E-state index in [1.807, 2.05) is 23.1 Å². The third kappa shape index (κ3) is 6.26. The van der Waals surface area contributed by atoms with Crippen molar-refractivity contribution in [3.63, 3.8) is 0 Å². The van der Waals surface area contributed by atoms with Crippen LogP contribution in [0.25, 0.3) is 10.2 Å². The number of likely N-dealkylation sites (tertiary alicyclic amines) is 1. The Balaban J connectivity index is 1.10. The number of benzene rings is 2. The van der Waals surface area contributed by atoms with E-state index in [9.17, 15) is 14.4 Å². The van der Waals surface area contributed by atoms with Crippen molar-refractivity contribution in [1.29, 1.82) is 0 Å². The number of ether oxygens (including phenoxy) is 2. The molecule has 0 unspecified atom stereocenters. The van der Waals surface area contributed by atoms with E-state index < -0.39 is 0 Å². The van der Waals surface area contributed by atoms with Gasteiger partial charge >= 0.3 is 0 Å². The Hall–Kier alpha value is -3.83. The number of fused-ring (bicyclic) bond motifs is 1. The van der Waals surface area contributed by atoms with E-state index >= 15 is 0 Å². The minimum Gasteiger partial charge on any atom is -0.497 e. The molecule has 3 heterocycles. The first kappa shape index (κ1) is 26.8. The van der Waals surface area contributed by atoms with Gasteiger partial charge in [0.15, 0.2) is 10.9 Å². The van der Waals surface area contributed by atoms with E-state index in [0.717, 1.165) is 33.8 Å². The minimum atomic E-state index is -0.294. The second kappa shape index (κ2) is 11.9. The van der Waals surface area contributed by atoms with Crippen molar-refractivity contribution in [2.45, 2.75) is 31.6 Å². The third-order valence-electron chi connectivity index (χ3n) is 6.75. The number of aromatic nitrogens is 2. The molecular weight excluding hydrogens is 536 g/mol. The molecule has 1 aliphatic heterocycles. The first-order valence-electron chi connectivity index (χ1n) is 12.6. The maximum absolute atomic E-state index is 12.8. The van der Waals surface area contributed by atoms with Crippen molar-refractivity contribution in [1.82, 2.24) is 14.9 Å². The van der Waals surface area contributed by atoms with Crippen LogP contribution in [-0.2, 0) is 4.79 Å². The van der Waals surface area contributed by atoms with Gasteiger partial charge < -0.3 is 14.4 Å². The SMILES string of the molecule is COc1ccc(C(=O)CCC(=O)N2CCC(c3nc(C(=O)Nc4nc5ccc(OC)cc5s4)cs3)CC2)cc1. The number of nitrogens with one attached hydrogen (secondary N) is 1. The number of carbonyl (C=O) groups excluding carboxylic acids is 3. The summed E-state index contributed by atoms with van der Waals surface area (Å²) in [6.45, 7) is 1.22. The summed E-state index contributed by atoms with van der Waals surface area (Å²) in [7, 11) is 3.19. The summed E-state index contributed by atoms with van der Waals surface area (Å²) in [6, 6.07) is 12.5. The smallest absolute Gasteiger partial charge is 0.276 e. The molecule has 0 radical (unpaired) electrons. The predicted octanol–water partition coefficient (Wildman–Crippen LogP) is 5.39. The highest BCUT2D eigenvalue weighted by molar-refractivity contribution is 7.22. The molecule has 0 atom stereocenters. The highest BCUT2D eigenvalue weighted by Gasteiger charge is 2.27. The Labute approximate surface area is 233 Å². The zero-order valence-corrected chi connectivity index (χ0v) is 23.3. The van der Waals surface area contributed by atoms with E-state index in [2.05, 4.69) is 15.3 Å². The van der Waals surface area contributed by atoms with E-state index in [1.54, 1.807) is 43.9 Å². The van der Waals surface area contributed by atoms with Crippen LogP contribution in [-0.4, -0.2) is 59.8 Å². The first-order valence-corrected chi connectivity index (χ1v) is 14.3. The number of piperidine rings is 1. The number of amides is 2. The Morgan fingerprint density at radius 1 is 0.974 bits per heavy atom. The number of hydrogen-bond donors (Lipinski definition) is 1. The van der Waals surface area contributed by atoms with Gasteiger partial charge in [0.05, 0.1) is 29.4 Å². The monoisotopic (exact) mass is 564 g/mol. The number of ketones is 1. The molecule has 9 nitrogen and oxygen atoms in total. The maximum Gasteiger partial charge on any atom is 0.276 e. The maximum atomic E-state index is 12.8. The number of hydrogen-bond acceptors (Lipinski definition) is 9. The van der Waals surface area contributed by atoms with Crippen LogP contribution >= 0.6 is 22.7 Å². The summed E-state index contributed by atoms with van der Waals surface area (Å²) in [4.78, 5) is 48.9. The lowest BCUT2D eigenvalue weighted by Crippen LogP contribution is -2.38. The van der Waals surface area contributed by atoms with Gasteiger partial charge in [-0.05, 0) is 55.3 Å². The number of Topliss-reactive ketones (excluding diaryl/α,β-unsaturated/α-hetero) is 1. The Morgan fingerprint density at radius 2 is 1.69 bits per heavy atom. The normalized spacial score (nSPS) is 13.8. The fourth-order valence-electron chi connectivity index (χ4n) is 4.50. The van der Waals surface area contributed by atoms with Gasteiger partial charge in [0.1, 0.15) is 17.2 Å². The van der Waals surface area contributed by atoms with Gasteiger partial charge in [0, 0.05) is 42.8 Å². The summed E-state index contributed by atoms with van der Waals surface area (Å²) in [5.74, 6) is 1.26. The van der Waals surface area contributed by atoms with Crippen LogP contribution in [0.4, 0.5) is 5.13 Å². The molecule has 1 aliphatic rings. The number of thiazole rings is 2. The van der Waals surface area contributed by atoms with Gasteiger partial charge in [-0.3, -0.25) is 19.7 Å². The van der Waals surface area contributed by atoms with Crippen LogP contribution in [0.2, 0.25) is 0 Å². The summed E-state index contributed by atoms with van der Waals surface area (Å²) < 4.78 is 11.3. The number of nitrogens with zero attached hydrogens (tertiary/aromatic N) is 3. The van der Waals surface area contributed by atoms with Gasteiger partial charge in [0.2, 0.25) is 5.91 Å². The molecule has 5 rings (SSSR count). The van der Waals surface area contributed by atoms with Gasteiger partial charge in [-0.15, -0.1) is 11.3 Å². The predicted molar refractivity (Wildman–Crippen MR) is 151 cm³/mol. The van der Waals surface area contributed by atoms with E-state index in [1.165, 1.54) is 22.7 Å². The number of carbonyl (C=O) groups is 3. The second-order valence-corrected chi connectivity index (χ2v) is 11.1. The average Bonchev–Trinajstić information content (AvgIpc) is 3.62. The lowest BCUT2D eigenvalue weighted by molar-refractivity contribution is -0.132. The summed E-state index contributed by atoms with van der Waals surface area (Å²) in [5.41, 5.74) is 1.73. The van der Waals surface area contributed by atoms with Gasteiger partial charge in [-0.2, -0.15) is 0 Å². The molecule has 1 fully saturated rings. The van der Waals surface area contributed by atoms with Crippen molar-refractivity contribution in [2.75, 3.05) is 32.6 Å². The third-order valence-corrected chi connectivity index (χ3v) is 8.69. The molecule has 4 aromatic rings. The lowest BCUT2D eigenvalue weighted by Gasteiger charge is -2.31. The molecule has 1 N–H and O–H groups in total. The van der Waals surface area contributed by atoms with Crippen LogP contribution in [0.5, 0.6) is 11.5 Å². The van der Waals surface area contributed by atoms with Crippen molar-refractivity contribution >= 4 is 55.6 Å². The highest BCUT2D eigenvalue weighted by Crippen LogP contribution is 2.32. The molecule has 0 bridgehead atoms. The van der Waals surface area contributed by atoms with Crippen LogP contribution in [0.15, 0.2) is 47.8 Å². The van der Waals surface area contributed by atoms with Crippen LogP contribution in [0.1, 0.15) is 57.5 Å². The fourth-order valence-corrected chi connectivity index (χ4v) is 6.36. The van der Waals surface area contributed by atoms with Gasteiger partial charge in [-0.25, -0.2) is 9.97 Å². The van der Waals surface area contributed by atoms with Crippen molar-refractivity contribution < 1.29 is 23.9 Å². The fraction of sp³-hybridized carbons (Fsp3) is 0.321. The molecule has 2 amide bonds. The van der Waals surface area contributed by atoms with Crippen molar-refractivity contribution in [3.05, 3.63) is 64.1 Å². The zero-order valence-electron chi connectivity index (χ0n) is 21.6. The van der Waals surface area contributed by atoms with Crippen LogP contribution in [0, 0.1) is 0 Å². The molecule has 0 aliphatic carbocycles. The standard InChI is InChI=1S/C28H28N4O5S2/c1-36-19-5-3-17(4-6-19)23(33)9-10-25(34)32-13-11-18(12-14-32)27-29-22(16-38-27)26(35)31-28-30-21-8-7-20(37-2)15-24(21)39-28/h3-8,15-16,18H,9-14H2,1-2H3,(H,30,31,35). The Kier molecular flexibility index (Phi) is 8.18. The van der Waals surface area contributed by atoms with Crippen molar-refractivity contribution in [2.24, 2.45) is 0 Å². The minimum absolute atomic E-state index is 0.0111. The molecule has 2 aromatic heterocycles. The Morgan fingerprint density at radius 3 is 2.41 bits per heavy atom. The molecule has 0 spiro atoms. The molecule has 0 saturated carbocycles. The highest BCUT2D eigenvalue weighted by atomic mass is 32.1. The molecular formula is C28H28N4O5S2. The summed E-state index contributed by atoms with van der Waals surface area (Å²) >= 11 is 2.85. The zero-order chi connectivity index (χ0) is 27.4. The number of rotatable bonds is 9. The quantitative estimate of drug-likeness (QED) is 0.271. The van der Waals surface area contributed by atoms with E-state index in [4.69, 9.17) is 9.47 Å². The number of methoxy groups -OCH3 is 2. The topological polar surface area (TPSA) is 111 Å².